The standard InChI is InChI=1S/C22H18N6O6S/c23-20-16(11-15-5-6-17(34-15)13-1-3-14(4-2-13)28(31)32)21(30)24-22-27(20)25-18(35-22)12-19(29)26-7-9-33-10-8-26/h1-6,11,23H,7-10,12H2/b16-11-,23-20?. The Morgan fingerprint density at radius 3 is 2.66 bits per heavy atom. The number of rotatable bonds is 5. The molecule has 1 saturated heterocycles. The number of benzene rings is 1. The first-order valence-electron chi connectivity index (χ1n) is 10.6. The van der Waals surface area contributed by atoms with Crippen LogP contribution in [0.3, 0.4) is 0 Å². The van der Waals surface area contributed by atoms with E-state index >= 15 is 0 Å². The van der Waals surface area contributed by atoms with Crippen molar-refractivity contribution in [1.82, 2.24) is 9.91 Å². The molecule has 178 valence electrons. The molecule has 3 aliphatic heterocycles. The fourth-order valence-corrected chi connectivity index (χ4v) is 4.51. The van der Waals surface area contributed by atoms with Crippen LogP contribution in [0.4, 0.5) is 5.69 Å². The van der Waals surface area contributed by atoms with Gasteiger partial charge in [-0.05, 0) is 42.1 Å². The Balaban J connectivity index is 1.32. The number of hydrogen-bond acceptors (Lipinski definition) is 9. The maximum absolute atomic E-state index is 12.6. The van der Waals surface area contributed by atoms with E-state index in [2.05, 4.69) is 10.1 Å². The van der Waals surface area contributed by atoms with Crippen molar-refractivity contribution in [2.45, 2.75) is 6.42 Å². The van der Waals surface area contributed by atoms with Gasteiger partial charge in [-0.1, -0.05) is 0 Å². The third kappa shape index (κ3) is 4.63. The fourth-order valence-electron chi connectivity index (χ4n) is 3.63. The first-order chi connectivity index (χ1) is 16.9. The van der Waals surface area contributed by atoms with Gasteiger partial charge in [-0.3, -0.25) is 25.1 Å². The molecule has 3 aliphatic rings. The lowest BCUT2D eigenvalue weighted by Gasteiger charge is -2.26. The van der Waals surface area contributed by atoms with Gasteiger partial charge in [-0.25, -0.2) is 0 Å². The van der Waals surface area contributed by atoms with E-state index < -0.39 is 10.8 Å². The fraction of sp³-hybridized carbons (Fsp3) is 0.227. The van der Waals surface area contributed by atoms with Gasteiger partial charge in [-0.15, -0.1) is 0 Å². The lowest BCUT2D eigenvalue weighted by Crippen LogP contribution is -2.41. The Hall–Kier alpha value is -4.10. The molecule has 4 heterocycles. The second kappa shape index (κ2) is 9.27. The van der Waals surface area contributed by atoms with Crippen LogP contribution in [-0.2, 0) is 14.3 Å². The number of amidine groups is 2. The number of nitrogens with one attached hydrogen (secondary N) is 1. The van der Waals surface area contributed by atoms with Gasteiger partial charge in [-0.2, -0.15) is 15.1 Å². The predicted molar refractivity (Wildman–Crippen MR) is 128 cm³/mol. The van der Waals surface area contributed by atoms with Gasteiger partial charge in [0.1, 0.15) is 16.6 Å². The normalized spacial score (nSPS) is 19.0. The summed E-state index contributed by atoms with van der Waals surface area (Å²) < 4.78 is 11.0. The van der Waals surface area contributed by atoms with E-state index in [1.54, 1.807) is 29.2 Å². The predicted octanol–water partition coefficient (Wildman–Crippen LogP) is 2.72. The Morgan fingerprint density at radius 2 is 1.94 bits per heavy atom. The van der Waals surface area contributed by atoms with Crippen LogP contribution in [-0.4, -0.2) is 69.0 Å². The molecule has 0 bridgehead atoms. The lowest BCUT2D eigenvalue weighted by molar-refractivity contribution is -0.384. The summed E-state index contributed by atoms with van der Waals surface area (Å²) in [5, 5.41) is 25.6. The zero-order chi connectivity index (χ0) is 24.5. The highest BCUT2D eigenvalue weighted by atomic mass is 32.2. The van der Waals surface area contributed by atoms with Gasteiger partial charge in [0.25, 0.3) is 11.6 Å². The molecule has 35 heavy (non-hydrogen) atoms. The maximum Gasteiger partial charge on any atom is 0.283 e. The van der Waals surface area contributed by atoms with Crippen LogP contribution < -0.4 is 0 Å². The summed E-state index contributed by atoms with van der Waals surface area (Å²) in [7, 11) is 0. The monoisotopic (exact) mass is 494 g/mol. The summed E-state index contributed by atoms with van der Waals surface area (Å²) in [4.78, 5) is 41.2. The molecule has 1 N–H and O–H groups in total. The number of non-ortho nitro benzene ring substituents is 1. The molecule has 0 aliphatic carbocycles. The Morgan fingerprint density at radius 1 is 1.20 bits per heavy atom. The molecule has 5 rings (SSSR count). The molecular weight excluding hydrogens is 476 g/mol. The van der Waals surface area contributed by atoms with Crippen LogP contribution >= 0.6 is 11.8 Å². The van der Waals surface area contributed by atoms with Gasteiger partial charge >= 0.3 is 0 Å². The quantitative estimate of drug-likeness (QED) is 0.378. The number of nitro benzene ring substituents is 1. The van der Waals surface area contributed by atoms with Crippen molar-refractivity contribution in [2.24, 2.45) is 10.1 Å². The Labute approximate surface area is 202 Å². The molecule has 0 atom stereocenters. The summed E-state index contributed by atoms with van der Waals surface area (Å²) in [6.45, 7) is 2.04. The third-order valence-electron chi connectivity index (χ3n) is 5.44. The van der Waals surface area contributed by atoms with E-state index in [9.17, 15) is 19.7 Å². The number of ether oxygens (including phenoxy) is 1. The van der Waals surface area contributed by atoms with Crippen molar-refractivity contribution in [2.75, 3.05) is 26.3 Å². The molecule has 0 unspecified atom stereocenters. The summed E-state index contributed by atoms with van der Waals surface area (Å²) in [6, 6.07) is 9.16. The molecule has 1 aromatic carbocycles. The number of hydrogen-bond donors (Lipinski definition) is 1. The zero-order valence-corrected chi connectivity index (χ0v) is 19.0. The number of nitro groups is 1. The van der Waals surface area contributed by atoms with E-state index in [1.165, 1.54) is 23.2 Å². The van der Waals surface area contributed by atoms with Gasteiger partial charge in [0.15, 0.2) is 5.84 Å². The Bertz CT molecular complexity index is 1320. The number of fused-ring (bicyclic) bond motifs is 1. The highest BCUT2D eigenvalue weighted by molar-refractivity contribution is 8.27. The maximum atomic E-state index is 12.6. The summed E-state index contributed by atoms with van der Waals surface area (Å²) in [5.41, 5.74) is 0.580. The van der Waals surface area contributed by atoms with E-state index in [0.717, 1.165) is 11.8 Å². The topological polar surface area (TPSA) is 155 Å². The number of amides is 2. The number of nitrogens with zero attached hydrogens (tertiary/aromatic N) is 5. The van der Waals surface area contributed by atoms with E-state index in [0.29, 0.717) is 48.4 Å². The molecular formula is C22H18N6O6S. The highest BCUT2D eigenvalue weighted by Crippen LogP contribution is 2.31. The van der Waals surface area contributed by atoms with Gasteiger partial charge < -0.3 is 14.1 Å². The van der Waals surface area contributed by atoms with Gasteiger partial charge in [0.2, 0.25) is 11.1 Å². The summed E-state index contributed by atoms with van der Waals surface area (Å²) in [6.07, 6.45) is 1.45. The first kappa shape index (κ1) is 22.7. The minimum absolute atomic E-state index is 0.0107. The molecule has 1 fully saturated rings. The van der Waals surface area contributed by atoms with E-state index in [4.69, 9.17) is 14.6 Å². The molecule has 0 radical (unpaired) electrons. The van der Waals surface area contributed by atoms with Crippen LogP contribution in [0.5, 0.6) is 0 Å². The second-order valence-electron chi connectivity index (χ2n) is 7.69. The van der Waals surface area contributed by atoms with Crippen LogP contribution in [0.15, 0.2) is 56.5 Å². The smallest absolute Gasteiger partial charge is 0.283 e. The number of furan rings is 1. The average molecular weight is 494 g/mol. The molecule has 0 saturated carbocycles. The molecule has 2 aromatic rings. The van der Waals surface area contributed by atoms with Crippen molar-refractivity contribution in [3.63, 3.8) is 0 Å². The number of aliphatic imine (C=N–C) groups is 1. The van der Waals surface area contributed by atoms with Gasteiger partial charge in [0, 0.05) is 30.8 Å². The van der Waals surface area contributed by atoms with Crippen LogP contribution in [0, 0.1) is 15.5 Å². The van der Waals surface area contributed by atoms with Crippen LogP contribution in [0.1, 0.15) is 12.2 Å². The minimum atomic E-state index is -0.613. The second-order valence-corrected chi connectivity index (χ2v) is 8.73. The zero-order valence-electron chi connectivity index (χ0n) is 18.2. The number of thioether (sulfide) groups is 1. The lowest BCUT2D eigenvalue weighted by atomic mass is 10.1. The van der Waals surface area contributed by atoms with Crippen molar-refractivity contribution >= 4 is 51.4 Å². The highest BCUT2D eigenvalue weighted by Gasteiger charge is 2.36. The van der Waals surface area contributed by atoms with Crippen molar-refractivity contribution in [3.8, 4) is 11.3 Å². The van der Waals surface area contributed by atoms with E-state index in [-0.39, 0.29) is 34.6 Å². The first-order valence-corrected chi connectivity index (χ1v) is 11.4. The minimum Gasteiger partial charge on any atom is -0.457 e. The van der Waals surface area contributed by atoms with Crippen molar-refractivity contribution < 1.29 is 23.7 Å². The van der Waals surface area contributed by atoms with Crippen molar-refractivity contribution in [3.05, 3.63) is 57.8 Å². The molecule has 2 amide bonds. The SMILES string of the molecule is N=C1/C(=C/c2ccc(-c3ccc([N+](=O)[O-])cc3)o2)C(=O)N=C2SC(CC(=O)N3CCOCC3)=NN12. The third-order valence-corrected chi connectivity index (χ3v) is 6.35. The Kier molecular flexibility index (Phi) is 6.01. The summed E-state index contributed by atoms with van der Waals surface area (Å²) in [5.74, 6) is -0.122. The number of hydrazone groups is 1. The number of carbonyl (C=O) groups is 2. The van der Waals surface area contributed by atoms with Crippen LogP contribution in [0.2, 0.25) is 0 Å². The molecule has 0 spiro atoms. The van der Waals surface area contributed by atoms with Crippen LogP contribution in [0.25, 0.3) is 17.4 Å². The largest absolute Gasteiger partial charge is 0.457 e. The van der Waals surface area contributed by atoms with E-state index in [1.807, 2.05) is 0 Å². The number of carbonyl (C=O) groups excluding carboxylic acids is 2. The molecule has 12 nitrogen and oxygen atoms in total. The van der Waals surface area contributed by atoms with Crippen molar-refractivity contribution in [1.29, 1.82) is 5.41 Å². The molecule has 1 aromatic heterocycles. The van der Waals surface area contributed by atoms with Gasteiger partial charge in [0.05, 0.1) is 30.1 Å². The number of morpholine rings is 1. The average Bonchev–Trinajstić information content (AvgIpc) is 3.49. The summed E-state index contributed by atoms with van der Waals surface area (Å²) >= 11 is 1.09. The molecule has 13 heteroatoms.